The van der Waals surface area contributed by atoms with E-state index in [1.807, 2.05) is 31.2 Å². The molecule has 0 bridgehead atoms. The van der Waals surface area contributed by atoms with E-state index in [4.69, 9.17) is 0 Å². The summed E-state index contributed by atoms with van der Waals surface area (Å²) >= 11 is 3.40. The highest BCUT2D eigenvalue weighted by Crippen LogP contribution is 2.19. The number of benzene rings is 1. The SMILES string of the molecule is Cc1ccccc1Cn1c(Br)nc2c1c(=O)n(C)c(=O)n2C. The van der Waals surface area contributed by atoms with Crippen LogP contribution in [0.5, 0.6) is 0 Å². The minimum absolute atomic E-state index is 0.343. The van der Waals surface area contributed by atoms with E-state index in [0.29, 0.717) is 22.4 Å². The van der Waals surface area contributed by atoms with E-state index in [2.05, 4.69) is 20.9 Å². The van der Waals surface area contributed by atoms with Gasteiger partial charge in [-0.3, -0.25) is 13.9 Å². The van der Waals surface area contributed by atoms with Crippen LogP contribution in [-0.2, 0) is 20.6 Å². The quantitative estimate of drug-likeness (QED) is 0.649. The van der Waals surface area contributed by atoms with E-state index in [0.717, 1.165) is 15.7 Å². The normalized spacial score (nSPS) is 11.3. The van der Waals surface area contributed by atoms with Gasteiger partial charge in [0.15, 0.2) is 15.9 Å². The molecular formula is C15H15BrN4O2. The van der Waals surface area contributed by atoms with Crippen LogP contribution in [0.2, 0.25) is 0 Å². The molecule has 2 aromatic heterocycles. The van der Waals surface area contributed by atoms with Gasteiger partial charge in [0, 0.05) is 14.1 Å². The first-order valence-corrected chi connectivity index (χ1v) is 7.57. The number of imidazole rings is 1. The first-order chi connectivity index (χ1) is 10.4. The summed E-state index contributed by atoms with van der Waals surface area (Å²) in [6.45, 7) is 2.54. The van der Waals surface area contributed by atoms with Crippen molar-refractivity contribution in [1.82, 2.24) is 18.7 Å². The van der Waals surface area contributed by atoms with Crippen LogP contribution in [0.3, 0.4) is 0 Å². The second kappa shape index (κ2) is 5.24. The Labute approximate surface area is 134 Å². The molecule has 0 amide bonds. The Bertz CT molecular complexity index is 997. The molecule has 3 aromatic rings. The number of hydrogen-bond donors (Lipinski definition) is 0. The molecule has 7 heteroatoms. The summed E-state index contributed by atoms with van der Waals surface area (Å²) in [5.74, 6) is 0. The van der Waals surface area contributed by atoms with Crippen molar-refractivity contribution in [2.24, 2.45) is 14.1 Å². The average molecular weight is 363 g/mol. The van der Waals surface area contributed by atoms with Crippen LogP contribution in [0.1, 0.15) is 11.1 Å². The minimum Gasteiger partial charge on any atom is -0.308 e. The number of halogens is 1. The number of aromatic nitrogens is 4. The summed E-state index contributed by atoms with van der Waals surface area (Å²) < 4.78 is 4.81. The fourth-order valence-electron chi connectivity index (χ4n) is 2.52. The maximum absolute atomic E-state index is 12.5. The van der Waals surface area contributed by atoms with E-state index in [1.165, 1.54) is 11.6 Å². The molecule has 0 atom stereocenters. The molecular weight excluding hydrogens is 348 g/mol. The van der Waals surface area contributed by atoms with E-state index >= 15 is 0 Å². The summed E-state index contributed by atoms with van der Waals surface area (Å²) in [6.07, 6.45) is 0. The Morgan fingerprint density at radius 1 is 1.14 bits per heavy atom. The molecule has 22 heavy (non-hydrogen) atoms. The molecule has 0 aliphatic carbocycles. The Morgan fingerprint density at radius 3 is 2.50 bits per heavy atom. The first-order valence-electron chi connectivity index (χ1n) is 6.78. The Hall–Kier alpha value is -2.15. The Balaban J connectivity index is 2.32. The highest BCUT2D eigenvalue weighted by Gasteiger charge is 2.18. The molecule has 6 nitrogen and oxygen atoms in total. The van der Waals surface area contributed by atoms with Gasteiger partial charge in [0.2, 0.25) is 0 Å². The smallest absolute Gasteiger partial charge is 0.308 e. The second-order valence-electron chi connectivity index (χ2n) is 5.27. The van der Waals surface area contributed by atoms with Crippen molar-refractivity contribution >= 4 is 27.1 Å². The summed E-state index contributed by atoms with van der Waals surface area (Å²) in [7, 11) is 3.09. The molecule has 0 fully saturated rings. The van der Waals surface area contributed by atoms with E-state index in [1.54, 1.807) is 11.6 Å². The predicted octanol–water partition coefficient (Wildman–Crippen LogP) is 1.55. The lowest BCUT2D eigenvalue weighted by Crippen LogP contribution is -2.37. The van der Waals surface area contributed by atoms with Crippen LogP contribution in [0.25, 0.3) is 11.2 Å². The van der Waals surface area contributed by atoms with E-state index < -0.39 is 0 Å². The van der Waals surface area contributed by atoms with Gasteiger partial charge in [-0.05, 0) is 34.0 Å². The topological polar surface area (TPSA) is 61.8 Å². The highest BCUT2D eigenvalue weighted by molar-refractivity contribution is 9.10. The van der Waals surface area contributed by atoms with Crippen LogP contribution < -0.4 is 11.2 Å². The largest absolute Gasteiger partial charge is 0.332 e. The number of nitrogens with zero attached hydrogens (tertiary/aromatic N) is 4. The maximum atomic E-state index is 12.5. The molecule has 1 aromatic carbocycles. The van der Waals surface area contributed by atoms with E-state index in [-0.39, 0.29) is 11.2 Å². The Kier molecular flexibility index (Phi) is 3.52. The molecule has 0 saturated heterocycles. The lowest BCUT2D eigenvalue weighted by molar-refractivity contribution is 0.701. The van der Waals surface area contributed by atoms with Gasteiger partial charge in [0.25, 0.3) is 5.56 Å². The average Bonchev–Trinajstić information content (AvgIpc) is 2.82. The van der Waals surface area contributed by atoms with Gasteiger partial charge in [-0.25, -0.2) is 9.78 Å². The molecule has 0 saturated carbocycles. The van der Waals surface area contributed by atoms with Gasteiger partial charge in [-0.1, -0.05) is 24.3 Å². The predicted molar refractivity (Wildman–Crippen MR) is 88.2 cm³/mol. The van der Waals surface area contributed by atoms with Crippen molar-refractivity contribution in [3.63, 3.8) is 0 Å². The molecule has 0 aliphatic rings. The molecule has 0 N–H and O–H groups in total. The van der Waals surface area contributed by atoms with Crippen molar-refractivity contribution in [1.29, 1.82) is 0 Å². The monoisotopic (exact) mass is 362 g/mol. The van der Waals surface area contributed by atoms with Gasteiger partial charge >= 0.3 is 5.69 Å². The standard InChI is InChI=1S/C15H15BrN4O2/c1-9-6-4-5-7-10(9)8-20-11-12(17-14(20)16)18(2)15(22)19(3)13(11)21/h4-7H,8H2,1-3H3. The second-order valence-corrected chi connectivity index (χ2v) is 5.98. The molecule has 0 spiro atoms. The van der Waals surface area contributed by atoms with Crippen LogP contribution >= 0.6 is 15.9 Å². The third-order valence-electron chi connectivity index (χ3n) is 3.89. The van der Waals surface area contributed by atoms with Crippen molar-refractivity contribution in [2.75, 3.05) is 0 Å². The fraction of sp³-hybridized carbons (Fsp3) is 0.267. The Morgan fingerprint density at radius 2 is 1.82 bits per heavy atom. The van der Waals surface area contributed by atoms with Crippen LogP contribution in [0.15, 0.2) is 38.6 Å². The number of fused-ring (bicyclic) bond motifs is 1. The van der Waals surface area contributed by atoms with Crippen molar-refractivity contribution < 1.29 is 0 Å². The third kappa shape index (κ3) is 2.12. The summed E-state index contributed by atoms with van der Waals surface area (Å²) in [5.41, 5.74) is 2.31. The number of rotatable bonds is 2. The number of hydrogen-bond acceptors (Lipinski definition) is 3. The minimum atomic E-state index is -0.384. The van der Waals surface area contributed by atoms with Gasteiger partial charge < -0.3 is 4.57 Å². The fourth-order valence-corrected chi connectivity index (χ4v) is 2.99. The van der Waals surface area contributed by atoms with Crippen molar-refractivity contribution in [2.45, 2.75) is 13.5 Å². The lowest BCUT2D eigenvalue weighted by Gasteiger charge is -2.09. The van der Waals surface area contributed by atoms with Crippen molar-refractivity contribution in [3.8, 4) is 0 Å². The molecule has 0 unspecified atom stereocenters. The van der Waals surface area contributed by atoms with E-state index in [9.17, 15) is 9.59 Å². The molecule has 114 valence electrons. The first kappa shape index (κ1) is 14.8. The third-order valence-corrected chi connectivity index (χ3v) is 4.50. The lowest BCUT2D eigenvalue weighted by atomic mass is 10.1. The summed E-state index contributed by atoms with van der Waals surface area (Å²) in [5, 5.41) is 0. The molecule has 0 aliphatic heterocycles. The van der Waals surface area contributed by atoms with Crippen LogP contribution in [-0.4, -0.2) is 18.7 Å². The maximum Gasteiger partial charge on any atom is 0.332 e. The van der Waals surface area contributed by atoms with Gasteiger partial charge in [-0.2, -0.15) is 0 Å². The summed E-state index contributed by atoms with van der Waals surface area (Å²) in [4.78, 5) is 28.8. The van der Waals surface area contributed by atoms with Crippen LogP contribution in [0.4, 0.5) is 0 Å². The van der Waals surface area contributed by atoms with Gasteiger partial charge in [0.05, 0.1) is 6.54 Å². The zero-order valence-corrected chi connectivity index (χ0v) is 14.1. The zero-order chi connectivity index (χ0) is 16.0. The van der Waals surface area contributed by atoms with Gasteiger partial charge in [-0.15, -0.1) is 0 Å². The highest BCUT2D eigenvalue weighted by atomic mass is 79.9. The van der Waals surface area contributed by atoms with Gasteiger partial charge in [0.1, 0.15) is 0 Å². The van der Waals surface area contributed by atoms with Crippen LogP contribution in [0, 0.1) is 6.92 Å². The van der Waals surface area contributed by atoms with Crippen molar-refractivity contribution in [3.05, 3.63) is 61.0 Å². The molecule has 3 rings (SSSR count). The molecule has 0 radical (unpaired) electrons. The molecule has 2 heterocycles. The summed E-state index contributed by atoms with van der Waals surface area (Å²) in [6, 6.07) is 7.97. The zero-order valence-electron chi connectivity index (χ0n) is 12.5. The number of aryl methyl sites for hydroxylation is 2.